The molecule has 1 aromatic rings. The predicted octanol–water partition coefficient (Wildman–Crippen LogP) is 0.950. The van der Waals surface area contributed by atoms with Crippen LogP contribution < -0.4 is 15.5 Å². The summed E-state index contributed by atoms with van der Waals surface area (Å²) in [6, 6.07) is 4.53. The largest absolute Gasteiger partial charge is 0.353 e. The lowest BCUT2D eigenvalue weighted by molar-refractivity contribution is -0.126. The van der Waals surface area contributed by atoms with Crippen molar-refractivity contribution in [2.45, 2.75) is 44.7 Å². The highest BCUT2D eigenvalue weighted by atomic mass is 16.2. The minimum Gasteiger partial charge on any atom is -0.353 e. The van der Waals surface area contributed by atoms with Gasteiger partial charge in [0.15, 0.2) is 5.82 Å². The molecule has 2 aliphatic rings. The molecule has 22 heavy (non-hydrogen) atoms. The Bertz CT molecular complexity index is 495. The molecular formula is C16H25N5O. The number of hydrogen-bond acceptors (Lipinski definition) is 5. The normalized spacial score (nSPS) is 29.1. The molecule has 3 rings (SSSR count). The summed E-state index contributed by atoms with van der Waals surface area (Å²) >= 11 is 0. The monoisotopic (exact) mass is 303 g/mol. The number of nitrogens with one attached hydrogen (secondary N) is 2. The number of carbonyl (C=O) groups excluding carboxylic acids is 1. The first-order valence-corrected chi connectivity index (χ1v) is 8.29. The maximum Gasteiger partial charge on any atom is 0.223 e. The van der Waals surface area contributed by atoms with Crippen molar-refractivity contribution < 1.29 is 4.79 Å². The Labute approximate surface area is 131 Å². The first kappa shape index (κ1) is 15.2. The van der Waals surface area contributed by atoms with Crippen LogP contribution >= 0.6 is 0 Å². The molecule has 0 saturated carbocycles. The molecule has 0 bridgehead atoms. The van der Waals surface area contributed by atoms with Crippen molar-refractivity contribution in [3.8, 4) is 0 Å². The Morgan fingerprint density at radius 1 is 1.45 bits per heavy atom. The summed E-state index contributed by atoms with van der Waals surface area (Å²) in [6.45, 7) is 4.89. The summed E-state index contributed by atoms with van der Waals surface area (Å²) in [7, 11) is 0. The van der Waals surface area contributed by atoms with Crippen LogP contribution in [-0.2, 0) is 4.79 Å². The standard InChI is InChI=1S/C16H25N5O/c1-12-10-13(6-8-17-12)16(22)19-14-4-3-9-21(11-14)15-5-2-7-18-20-15/h2,5,7,12-14,17H,3-4,6,8-11H2,1H3,(H,19,22)/t12-,13-,14?/m0/s1. The molecule has 3 atom stereocenters. The number of carbonyl (C=O) groups is 1. The number of amides is 1. The van der Waals surface area contributed by atoms with Gasteiger partial charge in [-0.15, -0.1) is 5.10 Å². The lowest BCUT2D eigenvalue weighted by Gasteiger charge is -2.35. The van der Waals surface area contributed by atoms with Crippen molar-refractivity contribution >= 4 is 11.7 Å². The van der Waals surface area contributed by atoms with E-state index < -0.39 is 0 Å². The van der Waals surface area contributed by atoms with Gasteiger partial charge in [-0.2, -0.15) is 5.10 Å². The van der Waals surface area contributed by atoms with Crippen LogP contribution in [0.4, 0.5) is 5.82 Å². The van der Waals surface area contributed by atoms with Crippen LogP contribution in [-0.4, -0.2) is 47.8 Å². The molecule has 3 heterocycles. The summed E-state index contributed by atoms with van der Waals surface area (Å²) in [5.41, 5.74) is 0. The molecule has 2 saturated heterocycles. The third kappa shape index (κ3) is 3.74. The maximum atomic E-state index is 12.5. The molecule has 0 aliphatic carbocycles. The first-order valence-electron chi connectivity index (χ1n) is 8.29. The van der Waals surface area contributed by atoms with E-state index >= 15 is 0 Å². The van der Waals surface area contributed by atoms with E-state index in [0.717, 1.165) is 51.1 Å². The van der Waals surface area contributed by atoms with E-state index in [1.807, 2.05) is 12.1 Å². The molecule has 1 amide bonds. The third-order valence-electron chi connectivity index (χ3n) is 4.64. The summed E-state index contributed by atoms with van der Waals surface area (Å²) in [5.74, 6) is 1.28. The van der Waals surface area contributed by atoms with Gasteiger partial charge in [-0.25, -0.2) is 0 Å². The zero-order valence-electron chi connectivity index (χ0n) is 13.2. The molecule has 0 radical (unpaired) electrons. The number of piperidine rings is 2. The van der Waals surface area contributed by atoms with Crippen LogP contribution in [0.3, 0.4) is 0 Å². The molecule has 0 aromatic carbocycles. The molecular weight excluding hydrogens is 278 g/mol. The molecule has 1 unspecified atom stereocenters. The second-order valence-electron chi connectivity index (χ2n) is 6.45. The van der Waals surface area contributed by atoms with Crippen molar-refractivity contribution in [2.24, 2.45) is 5.92 Å². The lowest BCUT2D eigenvalue weighted by atomic mass is 9.92. The highest BCUT2D eigenvalue weighted by Crippen LogP contribution is 2.19. The fraction of sp³-hybridized carbons (Fsp3) is 0.688. The van der Waals surface area contributed by atoms with Crippen molar-refractivity contribution in [1.29, 1.82) is 0 Å². The second-order valence-corrected chi connectivity index (χ2v) is 6.45. The zero-order chi connectivity index (χ0) is 15.4. The van der Waals surface area contributed by atoms with Crippen LogP contribution in [0.1, 0.15) is 32.6 Å². The number of aromatic nitrogens is 2. The Hall–Kier alpha value is -1.69. The molecule has 6 heteroatoms. The Morgan fingerprint density at radius 2 is 2.36 bits per heavy atom. The van der Waals surface area contributed by atoms with Gasteiger partial charge in [0.2, 0.25) is 5.91 Å². The minimum absolute atomic E-state index is 0.156. The summed E-state index contributed by atoms with van der Waals surface area (Å²) in [4.78, 5) is 14.7. The summed E-state index contributed by atoms with van der Waals surface area (Å²) < 4.78 is 0. The van der Waals surface area contributed by atoms with Crippen LogP contribution in [0, 0.1) is 5.92 Å². The average Bonchev–Trinajstić information content (AvgIpc) is 2.56. The maximum absolute atomic E-state index is 12.5. The fourth-order valence-electron chi connectivity index (χ4n) is 3.45. The van der Waals surface area contributed by atoms with Crippen LogP contribution in [0.5, 0.6) is 0 Å². The first-order chi connectivity index (χ1) is 10.7. The number of nitrogens with zero attached hydrogens (tertiary/aromatic N) is 3. The fourth-order valence-corrected chi connectivity index (χ4v) is 3.45. The van der Waals surface area contributed by atoms with E-state index in [2.05, 4.69) is 32.7 Å². The van der Waals surface area contributed by atoms with Crippen molar-refractivity contribution in [3.05, 3.63) is 18.3 Å². The molecule has 1 aromatic heterocycles. The van der Waals surface area contributed by atoms with Gasteiger partial charge in [0.25, 0.3) is 0 Å². The van der Waals surface area contributed by atoms with Gasteiger partial charge in [-0.3, -0.25) is 4.79 Å². The van der Waals surface area contributed by atoms with Gasteiger partial charge in [-0.05, 0) is 51.3 Å². The van der Waals surface area contributed by atoms with Gasteiger partial charge in [-0.1, -0.05) is 0 Å². The van der Waals surface area contributed by atoms with Gasteiger partial charge >= 0.3 is 0 Å². The molecule has 2 fully saturated rings. The van der Waals surface area contributed by atoms with Crippen LogP contribution in [0.25, 0.3) is 0 Å². The smallest absolute Gasteiger partial charge is 0.223 e. The van der Waals surface area contributed by atoms with E-state index in [-0.39, 0.29) is 17.9 Å². The summed E-state index contributed by atoms with van der Waals surface area (Å²) in [6.07, 6.45) is 5.68. The number of hydrogen-bond donors (Lipinski definition) is 2. The molecule has 0 spiro atoms. The summed E-state index contributed by atoms with van der Waals surface area (Å²) in [5, 5.41) is 14.8. The van der Waals surface area contributed by atoms with Gasteiger partial charge in [0.05, 0.1) is 0 Å². The van der Waals surface area contributed by atoms with E-state index in [4.69, 9.17) is 0 Å². The number of rotatable bonds is 3. The Balaban J connectivity index is 1.55. The zero-order valence-corrected chi connectivity index (χ0v) is 13.2. The second kappa shape index (κ2) is 7.05. The van der Waals surface area contributed by atoms with Gasteiger partial charge in [0.1, 0.15) is 0 Å². The lowest BCUT2D eigenvalue weighted by Crippen LogP contribution is -2.51. The molecule has 120 valence electrons. The average molecular weight is 303 g/mol. The SMILES string of the molecule is C[C@H]1C[C@@H](C(=O)NC2CCCN(c3cccnn3)C2)CCN1. The predicted molar refractivity (Wildman–Crippen MR) is 85.6 cm³/mol. The van der Waals surface area contributed by atoms with Crippen molar-refractivity contribution in [2.75, 3.05) is 24.5 Å². The van der Waals surface area contributed by atoms with E-state index in [0.29, 0.717) is 6.04 Å². The third-order valence-corrected chi connectivity index (χ3v) is 4.64. The van der Waals surface area contributed by atoms with E-state index in [1.165, 1.54) is 0 Å². The van der Waals surface area contributed by atoms with E-state index in [1.54, 1.807) is 6.20 Å². The van der Waals surface area contributed by atoms with E-state index in [9.17, 15) is 4.79 Å². The molecule has 2 N–H and O–H groups in total. The van der Waals surface area contributed by atoms with Gasteiger partial charge in [0, 0.05) is 37.3 Å². The Morgan fingerprint density at radius 3 is 3.14 bits per heavy atom. The Kier molecular flexibility index (Phi) is 4.87. The van der Waals surface area contributed by atoms with Crippen molar-refractivity contribution in [3.63, 3.8) is 0 Å². The minimum atomic E-state index is 0.156. The van der Waals surface area contributed by atoms with Crippen molar-refractivity contribution in [1.82, 2.24) is 20.8 Å². The molecule has 6 nitrogen and oxygen atoms in total. The highest BCUT2D eigenvalue weighted by Gasteiger charge is 2.28. The number of anilines is 1. The van der Waals surface area contributed by atoms with Crippen LogP contribution in [0.15, 0.2) is 18.3 Å². The quantitative estimate of drug-likeness (QED) is 0.870. The van der Waals surface area contributed by atoms with Crippen LogP contribution in [0.2, 0.25) is 0 Å². The highest BCUT2D eigenvalue weighted by molar-refractivity contribution is 5.79. The van der Waals surface area contributed by atoms with Gasteiger partial charge < -0.3 is 15.5 Å². The topological polar surface area (TPSA) is 70.2 Å². The molecule has 2 aliphatic heterocycles.